The molecule has 0 fully saturated rings. The van der Waals surface area contributed by atoms with E-state index >= 15 is 0 Å². The van der Waals surface area contributed by atoms with Crippen LogP contribution in [0.3, 0.4) is 0 Å². The van der Waals surface area contributed by atoms with Gasteiger partial charge in [-0.2, -0.15) is 0 Å². The third kappa shape index (κ3) is 2.63. The van der Waals surface area contributed by atoms with E-state index in [1.54, 1.807) is 0 Å². The molecule has 4 nitrogen and oxygen atoms in total. The molecule has 2 aromatic rings. The van der Waals surface area contributed by atoms with E-state index in [4.69, 9.17) is 10.8 Å². The summed E-state index contributed by atoms with van der Waals surface area (Å²) in [5, 5.41) is 0. The fourth-order valence-electron chi connectivity index (χ4n) is 3.17. The summed E-state index contributed by atoms with van der Waals surface area (Å²) in [5.74, 6) is 7.69. The molecule has 1 aromatic carbocycles. The van der Waals surface area contributed by atoms with Gasteiger partial charge in [-0.3, -0.25) is 0 Å². The zero-order valence-corrected chi connectivity index (χ0v) is 12.7. The van der Waals surface area contributed by atoms with E-state index < -0.39 is 0 Å². The van der Waals surface area contributed by atoms with E-state index in [1.165, 1.54) is 11.1 Å². The van der Waals surface area contributed by atoms with Crippen LogP contribution in [0.1, 0.15) is 47.5 Å². The van der Waals surface area contributed by atoms with Crippen molar-refractivity contribution in [1.82, 2.24) is 9.97 Å². The fourth-order valence-corrected chi connectivity index (χ4v) is 3.17. The summed E-state index contributed by atoms with van der Waals surface area (Å²) in [6, 6.07) is 8.68. The number of nitrogens with one attached hydrogen (secondary N) is 1. The highest BCUT2D eigenvalue weighted by molar-refractivity contribution is 5.45. The third-order valence-electron chi connectivity index (χ3n) is 4.45. The van der Waals surface area contributed by atoms with E-state index in [0.717, 1.165) is 48.6 Å². The van der Waals surface area contributed by atoms with Gasteiger partial charge in [0.1, 0.15) is 11.6 Å². The minimum Gasteiger partial charge on any atom is -0.308 e. The van der Waals surface area contributed by atoms with Crippen molar-refractivity contribution in [2.45, 2.75) is 45.4 Å². The fraction of sp³-hybridized carbons (Fsp3) is 0.412. The summed E-state index contributed by atoms with van der Waals surface area (Å²) in [7, 11) is 0. The minimum atomic E-state index is 0.387. The highest BCUT2D eigenvalue weighted by Gasteiger charge is 2.23. The van der Waals surface area contributed by atoms with Crippen LogP contribution in [0.2, 0.25) is 0 Å². The van der Waals surface area contributed by atoms with Crippen LogP contribution in [0.4, 0.5) is 5.82 Å². The van der Waals surface area contributed by atoms with Gasteiger partial charge < -0.3 is 5.43 Å². The van der Waals surface area contributed by atoms with E-state index in [0.29, 0.717) is 5.92 Å². The van der Waals surface area contributed by atoms with Crippen molar-refractivity contribution in [2.24, 2.45) is 5.84 Å². The quantitative estimate of drug-likeness (QED) is 0.671. The summed E-state index contributed by atoms with van der Waals surface area (Å²) >= 11 is 0. The van der Waals surface area contributed by atoms with Crippen LogP contribution in [0.25, 0.3) is 0 Å². The number of hydrogen-bond acceptors (Lipinski definition) is 4. The molecule has 1 aliphatic rings. The van der Waals surface area contributed by atoms with Gasteiger partial charge in [0.25, 0.3) is 0 Å². The van der Waals surface area contributed by atoms with Crippen molar-refractivity contribution in [3.05, 3.63) is 52.5 Å². The lowest BCUT2D eigenvalue weighted by molar-refractivity contribution is 0.552. The predicted octanol–water partition coefficient (Wildman–Crippen LogP) is 2.91. The Balaban J connectivity index is 1.95. The topological polar surface area (TPSA) is 63.8 Å². The Kier molecular flexibility index (Phi) is 3.88. The van der Waals surface area contributed by atoms with Crippen LogP contribution in [-0.2, 0) is 19.3 Å². The molecular formula is C17H22N4. The molecular weight excluding hydrogens is 260 g/mol. The van der Waals surface area contributed by atoms with E-state index in [9.17, 15) is 0 Å². The van der Waals surface area contributed by atoms with Gasteiger partial charge in [-0.25, -0.2) is 15.8 Å². The van der Waals surface area contributed by atoms with Crippen LogP contribution >= 0.6 is 0 Å². The van der Waals surface area contributed by atoms with Crippen molar-refractivity contribution in [3.63, 3.8) is 0 Å². The standard InChI is InChI=1S/C17H22N4/c1-3-15-11(2)16(21-18)20-17(19-15)14-9-8-12-6-4-5-7-13(12)10-14/h4-7,14H,3,8-10,18H2,1-2H3,(H,19,20,21). The van der Waals surface area contributed by atoms with Crippen LogP contribution in [0, 0.1) is 6.92 Å². The van der Waals surface area contributed by atoms with Gasteiger partial charge in [-0.05, 0) is 43.7 Å². The zero-order chi connectivity index (χ0) is 14.8. The maximum Gasteiger partial charge on any atom is 0.146 e. The highest BCUT2D eigenvalue weighted by atomic mass is 15.3. The molecule has 0 spiro atoms. The second kappa shape index (κ2) is 5.82. The maximum atomic E-state index is 5.61. The Bertz CT molecular complexity index is 626. The number of aromatic nitrogens is 2. The number of nitrogen functional groups attached to an aromatic ring is 1. The lowest BCUT2D eigenvalue weighted by Crippen LogP contribution is -2.19. The Morgan fingerprint density at radius 1 is 1.24 bits per heavy atom. The second-order valence-electron chi connectivity index (χ2n) is 5.71. The summed E-state index contributed by atoms with van der Waals surface area (Å²) in [4.78, 5) is 9.44. The molecule has 110 valence electrons. The number of nitrogens with zero attached hydrogens (tertiary/aromatic N) is 2. The van der Waals surface area contributed by atoms with Crippen LogP contribution in [0.5, 0.6) is 0 Å². The molecule has 3 N–H and O–H groups in total. The lowest BCUT2D eigenvalue weighted by Gasteiger charge is -2.24. The number of benzene rings is 1. The SMILES string of the molecule is CCc1nc(C2CCc3ccccc3C2)nc(NN)c1C. The number of nitrogens with two attached hydrogens (primary N) is 1. The normalized spacial score (nSPS) is 17.4. The first kappa shape index (κ1) is 14.0. The zero-order valence-electron chi connectivity index (χ0n) is 12.7. The number of hydrazine groups is 1. The molecule has 3 rings (SSSR count). The molecule has 4 heteroatoms. The molecule has 1 aliphatic carbocycles. The number of rotatable bonds is 3. The first-order valence-electron chi connectivity index (χ1n) is 7.63. The molecule has 1 heterocycles. The first-order valence-corrected chi connectivity index (χ1v) is 7.63. The van der Waals surface area contributed by atoms with Gasteiger partial charge in [0, 0.05) is 17.2 Å². The van der Waals surface area contributed by atoms with Crippen LogP contribution in [-0.4, -0.2) is 9.97 Å². The van der Waals surface area contributed by atoms with Gasteiger partial charge >= 0.3 is 0 Å². The van der Waals surface area contributed by atoms with Gasteiger partial charge in [-0.15, -0.1) is 0 Å². The molecule has 0 amide bonds. The maximum absolute atomic E-state index is 5.61. The average Bonchev–Trinajstić information content (AvgIpc) is 2.54. The van der Waals surface area contributed by atoms with Crippen molar-refractivity contribution >= 4 is 5.82 Å². The summed E-state index contributed by atoms with van der Waals surface area (Å²) in [6.07, 6.45) is 4.13. The van der Waals surface area contributed by atoms with Gasteiger partial charge in [-0.1, -0.05) is 31.2 Å². The molecule has 1 unspecified atom stereocenters. The molecule has 0 radical (unpaired) electrons. The number of fused-ring (bicyclic) bond motifs is 1. The van der Waals surface area contributed by atoms with E-state index in [2.05, 4.69) is 41.6 Å². The van der Waals surface area contributed by atoms with E-state index in [1.807, 2.05) is 6.92 Å². The number of anilines is 1. The Morgan fingerprint density at radius 2 is 2.00 bits per heavy atom. The van der Waals surface area contributed by atoms with E-state index in [-0.39, 0.29) is 0 Å². The number of aryl methyl sites for hydroxylation is 2. The predicted molar refractivity (Wildman–Crippen MR) is 85.2 cm³/mol. The number of hydrogen-bond donors (Lipinski definition) is 2. The molecule has 0 aliphatic heterocycles. The Hall–Kier alpha value is -1.94. The highest BCUT2D eigenvalue weighted by Crippen LogP contribution is 2.32. The molecule has 21 heavy (non-hydrogen) atoms. The van der Waals surface area contributed by atoms with Gasteiger partial charge in [0.15, 0.2) is 0 Å². The van der Waals surface area contributed by atoms with Crippen LogP contribution in [0.15, 0.2) is 24.3 Å². The van der Waals surface area contributed by atoms with Crippen molar-refractivity contribution < 1.29 is 0 Å². The summed E-state index contributed by atoms with van der Waals surface area (Å²) in [5.41, 5.74) is 7.76. The van der Waals surface area contributed by atoms with Gasteiger partial charge in [0.2, 0.25) is 0 Å². The third-order valence-corrected chi connectivity index (χ3v) is 4.45. The lowest BCUT2D eigenvalue weighted by atomic mass is 9.83. The molecule has 1 atom stereocenters. The Morgan fingerprint density at radius 3 is 2.71 bits per heavy atom. The Labute approximate surface area is 125 Å². The van der Waals surface area contributed by atoms with Gasteiger partial charge in [0.05, 0.1) is 0 Å². The minimum absolute atomic E-state index is 0.387. The van der Waals surface area contributed by atoms with Crippen molar-refractivity contribution in [3.8, 4) is 0 Å². The monoisotopic (exact) mass is 282 g/mol. The molecule has 0 saturated heterocycles. The average molecular weight is 282 g/mol. The van der Waals surface area contributed by atoms with Crippen molar-refractivity contribution in [1.29, 1.82) is 0 Å². The summed E-state index contributed by atoms with van der Waals surface area (Å²) in [6.45, 7) is 4.14. The van der Waals surface area contributed by atoms with Crippen LogP contribution < -0.4 is 11.3 Å². The molecule has 0 bridgehead atoms. The largest absolute Gasteiger partial charge is 0.308 e. The second-order valence-corrected chi connectivity index (χ2v) is 5.71. The van der Waals surface area contributed by atoms with Crippen molar-refractivity contribution in [2.75, 3.05) is 5.43 Å². The smallest absolute Gasteiger partial charge is 0.146 e. The first-order chi connectivity index (χ1) is 10.2. The molecule has 0 saturated carbocycles. The summed E-state index contributed by atoms with van der Waals surface area (Å²) < 4.78 is 0. The molecule has 1 aromatic heterocycles.